The highest BCUT2D eigenvalue weighted by atomic mass is 32.2. The summed E-state index contributed by atoms with van der Waals surface area (Å²) in [5.74, 6) is -1.74. The number of anilines is 1. The molecule has 0 bridgehead atoms. The summed E-state index contributed by atoms with van der Waals surface area (Å²) < 4.78 is 32.5. The van der Waals surface area contributed by atoms with Crippen LogP contribution < -0.4 is 10.0 Å². The van der Waals surface area contributed by atoms with E-state index in [1.165, 1.54) is 31.2 Å². The van der Waals surface area contributed by atoms with Crippen LogP contribution in [0, 0.1) is 0 Å². The van der Waals surface area contributed by atoms with Gasteiger partial charge in [-0.25, -0.2) is 13.1 Å². The van der Waals surface area contributed by atoms with Crippen LogP contribution in [0.3, 0.4) is 0 Å². The monoisotopic (exact) mass is 480 g/mol. The topological polar surface area (TPSA) is 102 Å². The quantitative estimate of drug-likeness (QED) is 0.450. The molecule has 0 aliphatic heterocycles. The molecule has 0 saturated carbocycles. The third-order valence-corrected chi connectivity index (χ3v) is 6.66. The zero-order valence-electron chi connectivity index (χ0n) is 19.3. The highest BCUT2D eigenvalue weighted by Gasteiger charge is 2.28. The molecule has 0 aliphatic rings. The van der Waals surface area contributed by atoms with Crippen molar-refractivity contribution in [2.24, 2.45) is 0 Å². The standard InChI is InChI=1S/C26H28N2O5S/c1-18(2)28-34(31,32)23-16-14-22(15-17-23)27-25(29)19(3)33-26(30)24(20-10-6-4-7-11-20)21-12-8-5-9-13-21/h4-19,24,28H,1-3H3,(H,27,29). The number of rotatable bonds is 9. The normalized spacial score (nSPS) is 12.4. The van der Waals surface area contributed by atoms with Crippen LogP contribution in [-0.2, 0) is 24.3 Å². The Morgan fingerprint density at radius 3 is 1.74 bits per heavy atom. The average molecular weight is 481 g/mol. The van der Waals surface area contributed by atoms with Crippen molar-refractivity contribution >= 4 is 27.6 Å². The molecule has 0 saturated heterocycles. The lowest BCUT2D eigenvalue weighted by Crippen LogP contribution is -2.32. The first-order valence-corrected chi connectivity index (χ1v) is 12.4. The molecule has 0 spiro atoms. The second-order valence-electron chi connectivity index (χ2n) is 8.12. The molecule has 34 heavy (non-hydrogen) atoms. The fourth-order valence-corrected chi connectivity index (χ4v) is 4.64. The van der Waals surface area contributed by atoms with E-state index in [0.29, 0.717) is 5.69 Å². The van der Waals surface area contributed by atoms with E-state index in [9.17, 15) is 18.0 Å². The largest absolute Gasteiger partial charge is 0.452 e. The third kappa shape index (κ3) is 6.52. The minimum absolute atomic E-state index is 0.0900. The second-order valence-corrected chi connectivity index (χ2v) is 9.84. The Morgan fingerprint density at radius 2 is 1.26 bits per heavy atom. The first-order valence-electron chi connectivity index (χ1n) is 10.9. The molecule has 0 fully saturated rings. The van der Waals surface area contributed by atoms with Gasteiger partial charge in [0.2, 0.25) is 10.0 Å². The first kappa shape index (κ1) is 25.1. The molecule has 0 heterocycles. The van der Waals surface area contributed by atoms with Gasteiger partial charge < -0.3 is 10.1 Å². The van der Waals surface area contributed by atoms with Crippen molar-refractivity contribution in [2.45, 2.75) is 43.7 Å². The minimum atomic E-state index is -3.63. The maximum atomic E-state index is 13.1. The lowest BCUT2D eigenvalue weighted by atomic mass is 9.91. The van der Waals surface area contributed by atoms with Gasteiger partial charge in [0, 0.05) is 11.7 Å². The van der Waals surface area contributed by atoms with Crippen LogP contribution in [0.25, 0.3) is 0 Å². The maximum absolute atomic E-state index is 13.1. The van der Waals surface area contributed by atoms with E-state index in [2.05, 4.69) is 10.0 Å². The van der Waals surface area contributed by atoms with E-state index in [0.717, 1.165) is 11.1 Å². The van der Waals surface area contributed by atoms with Gasteiger partial charge in [0.25, 0.3) is 5.91 Å². The van der Waals surface area contributed by atoms with Crippen LogP contribution in [-0.4, -0.2) is 32.4 Å². The molecule has 0 radical (unpaired) electrons. The van der Waals surface area contributed by atoms with E-state index < -0.39 is 33.9 Å². The SMILES string of the molecule is CC(C)NS(=O)(=O)c1ccc(NC(=O)C(C)OC(=O)C(c2ccccc2)c2ccccc2)cc1. The first-order chi connectivity index (χ1) is 16.2. The maximum Gasteiger partial charge on any atom is 0.318 e. The van der Waals surface area contributed by atoms with Gasteiger partial charge in [-0.1, -0.05) is 60.7 Å². The number of ether oxygens (including phenoxy) is 1. The van der Waals surface area contributed by atoms with Crippen molar-refractivity contribution in [3.05, 3.63) is 96.1 Å². The molecule has 3 aromatic rings. The third-order valence-electron chi connectivity index (χ3n) is 4.99. The van der Waals surface area contributed by atoms with Crippen LogP contribution in [0.1, 0.15) is 37.8 Å². The number of carbonyl (C=O) groups excluding carboxylic acids is 2. The van der Waals surface area contributed by atoms with Gasteiger partial charge in [0.05, 0.1) is 4.90 Å². The summed E-state index contributed by atoms with van der Waals surface area (Å²) in [6.07, 6.45) is -1.06. The number of benzene rings is 3. The van der Waals surface area contributed by atoms with Crippen molar-refractivity contribution in [3.8, 4) is 0 Å². The van der Waals surface area contributed by atoms with Gasteiger partial charge in [-0.2, -0.15) is 0 Å². The number of amides is 1. The molecule has 0 aromatic heterocycles. The highest BCUT2D eigenvalue weighted by molar-refractivity contribution is 7.89. The van der Waals surface area contributed by atoms with Crippen molar-refractivity contribution in [1.29, 1.82) is 0 Å². The van der Waals surface area contributed by atoms with E-state index in [4.69, 9.17) is 4.74 Å². The Labute approximate surface area is 200 Å². The Balaban J connectivity index is 1.69. The van der Waals surface area contributed by atoms with Gasteiger partial charge in [-0.15, -0.1) is 0 Å². The predicted octanol–water partition coefficient (Wildman–Crippen LogP) is 4.08. The van der Waals surface area contributed by atoms with Crippen molar-refractivity contribution in [1.82, 2.24) is 4.72 Å². The minimum Gasteiger partial charge on any atom is -0.452 e. The smallest absolute Gasteiger partial charge is 0.318 e. The molecule has 2 N–H and O–H groups in total. The van der Waals surface area contributed by atoms with Crippen LogP contribution in [0.4, 0.5) is 5.69 Å². The Hall–Kier alpha value is -3.49. The van der Waals surface area contributed by atoms with E-state index >= 15 is 0 Å². The summed E-state index contributed by atoms with van der Waals surface area (Å²) in [6, 6.07) is 24.0. The zero-order chi connectivity index (χ0) is 24.7. The van der Waals surface area contributed by atoms with Gasteiger partial charge in [-0.3, -0.25) is 9.59 Å². The molecular weight excluding hydrogens is 452 g/mol. The van der Waals surface area contributed by atoms with E-state index in [-0.39, 0.29) is 10.9 Å². The molecule has 178 valence electrons. The fourth-order valence-electron chi connectivity index (χ4n) is 3.39. The number of esters is 1. The molecule has 0 aliphatic carbocycles. The van der Waals surface area contributed by atoms with Crippen LogP contribution in [0.5, 0.6) is 0 Å². The lowest BCUT2D eigenvalue weighted by Gasteiger charge is -2.20. The average Bonchev–Trinajstić information content (AvgIpc) is 2.80. The van der Waals surface area contributed by atoms with Crippen LogP contribution >= 0.6 is 0 Å². The molecule has 3 rings (SSSR count). The number of nitrogens with one attached hydrogen (secondary N) is 2. The Morgan fingerprint density at radius 1 is 0.765 bits per heavy atom. The Kier molecular flexibility index (Phi) is 8.20. The Bertz CT molecular complexity index is 1170. The molecule has 1 atom stereocenters. The zero-order valence-corrected chi connectivity index (χ0v) is 20.1. The number of hydrogen-bond acceptors (Lipinski definition) is 5. The van der Waals surface area contributed by atoms with Crippen molar-refractivity contribution in [2.75, 3.05) is 5.32 Å². The molecule has 8 heteroatoms. The summed E-state index contributed by atoms with van der Waals surface area (Å²) in [6.45, 7) is 4.95. The summed E-state index contributed by atoms with van der Waals surface area (Å²) in [4.78, 5) is 25.8. The fraction of sp³-hybridized carbons (Fsp3) is 0.231. The lowest BCUT2D eigenvalue weighted by molar-refractivity contribution is -0.153. The number of hydrogen-bond donors (Lipinski definition) is 2. The highest BCUT2D eigenvalue weighted by Crippen LogP contribution is 2.26. The van der Waals surface area contributed by atoms with Crippen molar-refractivity contribution in [3.63, 3.8) is 0 Å². The summed E-state index contributed by atoms with van der Waals surface area (Å²) in [5, 5.41) is 2.65. The summed E-state index contributed by atoms with van der Waals surface area (Å²) >= 11 is 0. The molecule has 1 unspecified atom stereocenters. The predicted molar refractivity (Wildman–Crippen MR) is 131 cm³/mol. The number of sulfonamides is 1. The van der Waals surface area contributed by atoms with E-state index in [1.54, 1.807) is 13.8 Å². The van der Waals surface area contributed by atoms with Gasteiger partial charge in [0.1, 0.15) is 5.92 Å². The molecule has 1 amide bonds. The van der Waals surface area contributed by atoms with Crippen LogP contribution in [0.2, 0.25) is 0 Å². The van der Waals surface area contributed by atoms with Gasteiger partial charge >= 0.3 is 5.97 Å². The van der Waals surface area contributed by atoms with E-state index in [1.807, 2.05) is 60.7 Å². The second kappa shape index (κ2) is 11.1. The van der Waals surface area contributed by atoms with Gasteiger partial charge in [-0.05, 0) is 56.2 Å². The molecular formula is C26H28N2O5S. The molecule has 3 aromatic carbocycles. The van der Waals surface area contributed by atoms with Crippen molar-refractivity contribution < 1.29 is 22.7 Å². The number of carbonyl (C=O) groups is 2. The summed E-state index contributed by atoms with van der Waals surface area (Å²) in [7, 11) is -3.63. The van der Waals surface area contributed by atoms with Gasteiger partial charge in [0.15, 0.2) is 6.10 Å². The molecule has 7 nitrogen and oxygen atoms in total. The summed E-state index contributed by atoms with van der Waals surface area (Å²) in [5.41, 5.74) is 1.91. The van der Waals surface area contributed by atoms with Crippen LogP contribution in [0.15, 0.2) is 89.8 Å².